The van der Waals surface area contributed by atoms with E-state index in [1.807, 2.05) is 30.3 Å². The molecule has 9 heteroatoms. The summed E-state index contributed by atoms with van der Waals surface area (Å²) in [4.78, 5) is 40.4. The van der Waals surface area contributed by atoms with Gasteiger partial charge in [0.1, 0.15) is 11.6 Å². The summed E-state index contributed by atoms with van der Waals surface area (Å²) >= 11 is 0. The topological polar surface area (TPSA) is 85.3 Å². The first-order chi connectivity index (χ1) is 17.7. The summed E-state index contributed by atoms with van der Waals surface area (Å²) in [6.07, 6.45) is -0.434. The number of ether oxygens (including phenoxy) is 1. The fourth-order valence-electron chi connectivity index (χ4n) is 5.17. The Morgan fingerprint density at radius 1 is 0.946 bits per heavy atom. The molecule has 2 aliphatic rings. The van der Waals surface area contributed by atoms with Crippen LogP contribution in [-0.2, 0) is 36.2 Å². The van der Waals surface area contributed by atoms with E-state index >= 15 is 0 Å². The summed E-state index contributed by atoms with van der Waals surface area (Å²) in [6, 6.07) is 19.6. The average molecular weight is 510 g/mol. The third-order valence-corrected chi connectivity index (χ3v) is 7.02. The van der Waals surface area contributed by atoms with Crippen molar-refractivity contribution in [3.63, 3.8) is 0 Å². The molecule has 0 saturated carbocycles. The van der Waals surface area contributed by atoms with Crippen LogP contribution in [0.5, 0.6) is 0 Å². The van der Waals surface area contributed by atoms with E-state index in [-0.39, 0.29) is 19.7 Å². The van der Waals surface area contributed by atoms with Crippen LogP contribution in [0.3, 0.4) is 0 Å². The molecule has 1 N–H and O–H groups in total. The predicted octanol–water partition coefficient (Wildman–Crippen LogP) is 3.84. The van der Waals surface area contributed by atoms with Crippen LogP contribution >= 0.6 is 0 Å². The van der Waals surface area contributed by atoms with Gasteiger partial charge in [0.25, 0.3) is 0 Å². The van der Waals surface area contributed by atoms with Crippen molar-refractivity contribution < 1.29 is 38.0 Å². The molecule has 3 aromatic carbocycles. The van der Waals surface area contributed by atoms with Crippen LogP contribution in [0.25, 0.3) is 0 Å². The zero-order valence-electron chi connectivity index (χ0n) is 20.0. The monoisotopic (exact) mass is 509 g/mol. The van der Waals surface area contributed by atoms with Gasteiger partial charge in [0.2, 0.25) is 17.1 Å². The van der Waals surface area contributed by atoms with Gasteiger partial charge in [0.05, 0.1) is 13.2 Å². The maximum atomic E-state index is 14.1. The summed E-state index contributed by atoms with van der Waals surface area (Å²) in [7, 11) is 0. The molecule has 0 spiro atoms. The number of β-amino-alcohol motifs (C(OH)–C–C–N with tert-alkyl or cyclic N) is 1. The number of halogens is 2. The third-order valence-electron chi connectivity index (χ3n) is 7.02. The number of rotatable bonds is 6. The Morgan fingerprint density at radius 3 is 2.05 bits per heavy atom. The van der Waals surface area contributed by atoms with Crippen LogP contribution in [0.1, 0.15) is 30.0 Å². The Balaban J connectivity index is 1.66. The van der Waals surface area contributed by atoms with Crippen LogP contribution in [0.4, 0.5) is 8.78 Å². The predicted molar refractivity (Wildman–Crippen MR) is 126 cm³/mol. The molecule has 37 heavy (non-hydrogen) atoms. The lowest BCUT2D eigenvalue weighted by molar-refractivity contribution is -0.497. The van der Waals surface area contributed by atoms with Crippen molar-refractivity contribution in [1.82, 2.24) is 4.90 Å². The number of hydrogen-bond donors (Lipinski definition) is 1. The van der Waals surface area contributed by atoms with E-state index < -0.39 is 46.7 Å². The highest BCUT2D eigenvalue weighted by molar-refractivity contribution is 6.06. The molecule has 0 radical (unpaired) electrons. The molecule has 192 valence electrons. The normalized spacial score (nSPS) is 24.5. The number of hydrogen-bond acceptors (Lipinski definition) is 6. The molecule has 5 rings (SSSR count). The number of carbonyl (C=O) groups excluding carboxylic acids is 2. The van der Waals surface area contributed by atoms with Crippen LogP contribution in [0.2, 0.25) is 0 Å². The van der Waals surface area contributed by atoms with E-state index in [4.69, 9.17) is 14.5 Å². The van der Waals surface area contributed by atoms with Gasteiger partial charge >= 0.3 is 5.97 Å². The van der Waals surface area contributed by atoms with Crippen LogP contribution < -0.4 is 0 Å². The minimum Gasteiger partial charge on any atom is -0.465 e. The number of likely N-dealkylation sites (tertiary alicyclic amines) is 1. The van der Waals surface area contributed by atoms with Gasteiger partial charge in [-0.3, -0.25) is 9.59 Å². The number of fused-ring (bicyclic) bond motifs is 1. The minimum atomic E-state index is -2.38. The number of nitrogens with zero attached hydrogens (tertiary/aromatic N) is 1. The lowest BCUT2D eigenvalue weighted by atomic mass is 9.67. The van der Waals surface area contributed by atoms with Crippen molar-refractivity contribution in [3.05, 3.63) is 107 Å². The molecule has 0 aliphatic carbocycles. The molecular formula is C28H25F2NO6. The number of aliphatic hydroxyl groups is 1. The second kappa shape index (κ2) is 9.33. The van der Waals surface area contributed by atoms with Crippen molar-refractivity contribution in [3.8, 4) is 0 Å². The van der Waals surface area contributed by atoms with Gasteiger partial charge < -0.3 is 14.7 Å². The van der Waals surface area contributed by atoms with Crippen molar-refractivity contribution >= 4 is 11.9 Å². The van der Waals surface area contributed by atoms with Gasteiger partial charge in [-0.05, 0) is 47.9 Å². The van der Waals surface area contributed by atoms with E-state index in [1.165, 1.54) is 53.4 Å². The molecule has 1 amide bonds. The summed E-state index contributed by atoms with van der Waals surface area (Å²) in [5, 5.41) is 11.7. The fraction of sp³-hybridized carbons (Fsp3) is 0.286. The molecule has 2 heterocycles. The quantitative estimate of drug-likeness (QED) is 0.309. The van der Waals surface area contributed by atoms with Crippen LogP contribution in [-0.4, -0.2) is 40.8 Å². The Hall–Kier alpha value is -3.66. The number of esters is 1. The standard InChI is InChI=1S/C28H25F2NO6/c1-2-35-25(33)26-17-27(20-8-12-22(29)13-9-20,21-10-14-23(30)15-11-21)36-37-28(26,34)18-31(24(26)32)16-19-6-4-3-5-7-19/h3-15,34H,2,16-18H2,1H3/t26-,28+/m1/s1. The summed E-state index contributed by atoms with van der Waals surface area (Å²) in [5.41, 5.74) is -2.46. The summed E-state index contributed by atoms with van der Waals surface area (Å²) < 4.78 is 33.0. The zero-order valence-corrected chi connectivity index (χ0v) is 20.0. The first kappa shape index (κ1) is 25.0. The van der Waals surface area contributed by atoms with Gasteiger partial charge in [-0.25, -0.2) is 13.7 Å². The van der Waals surface area contributed by atoms with Crippen molar-refractivity contribution in [2.24, 2.45) is 5.41 Å². The molecule has 2 aliphatic heterocycles. The number of benzene rings is 3. The minimum absolute atomic E-state index is 0.0520. The largest absolute Gasteiger partial charge is 0.465 e. The number of carbonyl (C=O) groups is 2. The van der Waals surface area contributed by atoms with Crippen molar-refractivity contribution in [2.75, 3.05) is 13.2 Å². The molecule has 0 aromatic heterocycles. The average Bonchev–Trinajstić information content (AvgIpc) is 3.12. The molecule has 7 nitrogen and oxygen atoms in total. The lowest BCUT2D eigenvalue weighted by Crippen LogP contribution is -2.64. The van der Waals surface area contributed by atoms with E-state index in [9.17, 15) is 23.5 Å². The first-order valence-electron chi connectivity index (χ1n) is 11.9. The molecular weight excluding hydrogens is 484 g/mol. The maximum Gasteiger partial charge on any atom is 0.327 e. The molecule has 0 unspecified atom stereocenters. The number of amides is 1. The zero-order chi connectivity index (χ0) is 26.3. The van der Waals surface area contributed by atoms with Gasteiger partial charge in [0.15, 0.2) is 5.60 Å². The van der Waals surface area contributed by atoms with E-state index in [0.717, 1.165) is 5.56 Å². The van der Waals surface area contributed by atoms with Crippen molar-refractivity contribution in [2.45, 2.75) is 31.3 Å². The van der Waals surface area contributed by atoms with Gasteiger partial charge in [-0.1, -0.05) is 54.6 Å². The first-order valence-corrected chi connectivity index (χ1v) is 11.9. The molecule has 2 saturated heterocycles. The van der Waals surface area contributed by atoms with E-state index in [1.54, 1.807) is 6.92 Å². The van der Waals surface area contributed by atoms with Crippen molar-refractivity contribution in [1.29, 1.82) is 0 Å². The highest BCUT2D eigenvalue weighted by Gasteiger charge is 2.76. The van der Waals surface area contributed by atoms with Gasteiger partial charge in [-0.15, -0.1) is 0 Å². The highest BCUT2D eigenvalue weighted by Crippen LogP contribution is 2.57. The lowest BCUT2D eigenvalue weighted by Gasteiger charge is -2.48. The Morgan fingerprint density at radius 2 is 1.51 bits per heavy atom. The molecule has 0 bridgehead atoms. The van der Waals surface area contributed by atoms with Crippen LogP contribution in [0, 0.1) is 17.0 Å². The Kier molecular flexibility index (Phi) is 6.31. The highest BCUT2D eigenvalue weighted by atomic mass is 19.1. The molecule has 3 aromatic rings. The Bertz CT molecular complexity index is 1260. The molecule has 2 atom stereocenters. The van der Waals surface area contributed by atoms with E-state index in [2.05, 4.69) is 0 Å². The van der Waals surface area contributed by atoms with Gasteiger partial charge in [0, 0.05) is 13.0 Å². The molecule has 2 fully saturated rings. The summed E-state index contributed by atoms with van der Waals surface area (Å²) in [5.74, 6) is -5.09. The SMILES string of the molecule is CCOC(=O)[C@]12CC(c3ccc(F)cc3)(c3ccc(F)cc3)OO[C@@]1(O)CN(Cc1ccccc1)C2=O. The third kappa shape index (κ3) is 3.99. The fourth-order valence-corrected chi connectivity index (χ4v) is 5.17. The smallest absolute Gasteiger partial charge is 0.327 e. The van der Waals surface area contributed by atoms with E-state index in [0.29, 0.717) is 11.1 Å². The maximum absolute atomic E-state index is 14.1. The van der Waals surface area contributed by atoms with Gasteiger partial charge in [-0.2, -0.15) is 4.89 Å². The Labute approximate surface area is 212 Å². The summed E-state index contributed by atoms with van der Waals surface area (Å²) in [6.45, 7) is 1.28. The second-order valence-electron chi connectivity index (χ2n) is 9.24. The second-order valence-corrected chi connectivity index (χ2v) is 9.24. The van der Waals surface area contributed by atoms with Crippen LogP contribution in [0.15, 0.2) is 78.9 Å².